The lowest BCUT2D eigenvalue weighted by molar-refractivity contribution is 0.776. The standard InChI is InChI=1S/C11H11IN2O/c1-6(2)10-13-9-4-3-7(12)5-8(9)11(15)14-10/h3-6H,1-2H3,(H,13,14,15). The quantitative estimate of drug-likeness (QED) is 0.823. The lowest BCUT2D eigenvalue weighted by Crippen LogP contribution is -2.12. The van der Waals surface area contributed by atoms with Gasteiger partial charge in [-0.15, -0.1) is 0 Å². The average Bonchev–Trinajstić information content (AvgIpc) is 2.18. The van der Waals surface area contributed by atoms with Crippen LogP contribution < -0.4 is 5.56 Å². The summed E-state index contributed by atoms with van der Waals surface area (Å²) < 4.78 is 1.05. The van der Waals surface area contributed by atoms with Gasteiger partial charge in [-0.2, -0.15) is 0 Å². The summed E-state index contributed by atoms with van der Waals surface area (Å²) in [5.74, 6) is 0.982. The van der Waals surface area contributed by atoms with Gasteiger partial charge in [0.05, 0.1) is 10.9 Å². The van der Waals surface area contributed by atoms with Crippen LogP contribution in [0, 0.1) is 3.57 Å². The highest BCUT2D eigenvalue weighted by Crippen LogP contribution is 2.14. The molecule has 0 fully saturated rings. The molecule has 0 saturated carbocycles. The first-order chi connectivity index (χ1) is 7.08. The Bertz CT molecular complexity index is 560. The van der Waals surface area contributed by atoms with E-state index in [4.69, 9.17) is 0 Å². The second-order valence-corrected chi connectivity index (χ2v) is 5.01. The minimum absolute atomic E-state index is 0.0535. The molecule has 4 heteroatoms. The number of hydrogen-bond donors (Lipinski definition) is 1. The fourth-order valence-corrected chi connectivity index (χ4v) is 1.89. The van der Waals surface area contributed by atoms with Crippen molar-refractivity contribution >= 4 is 33.5 Å². The number of fused-ring (bicyclic) bond motifs is 1. The summed E-state index contributed by atoms with van der Waals surface area (Å²) >= 11 is 2.19. The minimum Gasteiger partial charge on any atom is -0.310 e. The van der Waals surface area contributed by atoms with Crippen molar-refractivity contribution in [3.05, 3.63) is 37.9 Å². The zero-order chi connectivity index (χ0) is 11.0. The molecule has 0 aliphatic rings. The predicted octanol–water partition coefficient (Wildman–Crippen LogP) is 2.65. The van der Waals surface area contributed by atoms with Crippen molar-refractivity contribution in [2.75, 3.05) is 0 Å². The predicted molar refractivity (Wildman–Crippen MR) is 69.2 cm³/mol. The van der Waals surface area contributed by atoms with Crippen molar-refractivity contribution in [2.24, 2.45) is 0 Å². The number of hydrogen-bond acceptors (Lipinski definition) is 2. The average molecular weight is 314 g/mol. The summed E-state index contributed by atoms with van der Waals surface area (Å²) in [5.41, 5.74) is 0.713. The molecule has 0 radical (unpaired) electrons. The van der Waals surface area contributed by atoms with Crippen LogP contribution in [0.15, 0.2) is 23.0 Å². The van der Waals surface area contributed by atoms with E-state index in [1.54, 1.807) is 0 Å². The van der Waals surface area contributed by atoms with Crippen molar-refractivity contribution in [3.63, 3.8) is 0 Å². The Morgan fingerprint density at radius 3 is 2.80 bits per heavy atom. The molecule has 0 unspecified atom stereocenters. The number of H-pyrrole nitrogens is 1. The third-order valence-corrected chi connectivity index (χ3v) is 2.90. The lowest BCUT2D eigenvalue weighted by atomic mass is 10.2. The van der Waals surface area contributed by atoms with Crippen LogP contribution in [0.4, 0.5) is 0 Å². The normalized spacial score (nSPS) is 11.2. The Morgan fingerprint density at radius 1 is 1.40 bits per heavy atom. The number of rotatable bonds is 1. The molecule has 0 aliphatic carbocycles. The van der Waals surface area contributed by atoms with Crippen LogP contribution in [0.5, 0.6) is 0 Å². The number of nitrogens with one attached hydrogen (secondary N) is 1. The van der Waals surface area contributed by atoms with Crippen LogP contribution in [-0.2, 0) is 0 Å². The molecule has 2 rings (SSSR count). The molecule has 0 atom stereocenters. The van der Waals surface area contributed by atoms with Crippen LogP contribution in [0.1, 0.15) is 25.6 Å². The molecule has 0 amide bonds. The zero-order valence-electron chi connectivity index (χ0n) is 8.54. The van der Waals surface area contributed by atoms with E-state index in [0.717, 1.165) is 14.9 Å². The van der Waals surface area contributed by atoms with Crippen molar-refractivity contribution in [1.82, 2.24) is 9.97 Å². The fraction of sp³-hybridized carbons (Fsp3) is 0.273. The molecule has 3 nitrogen and oxygen atoms in total. The van der Waals surface area contributed by atoms with Gasteiger partial charge in [0.2, 0.25) is 0 Å². The molecule has 0 bridgehead atoms. The smallest absolute Gasteiger partial charge is 0.258 e. The van der Waals surface area contributed by atoms with Gasteiger partial charge in [0.1, 0.15) is 5.82 Å². The Hall–Kier alpha value is -0.910. The highest BCUT2D eigenvalue weighted by atomic mass is 127. The van der Waals surface area contributed by atoms with Crippen LogP contribution in [-0.4, -0.2) is 9.97 Å². The molecule has 1 aromatic carbocycles. The zero-order valence-corrected chi connectivity index (χ0v) is 10.7. The summed E-state index contributed by atoms with van der Waals surface area (Å²) in [4.78, 5) is 19.0. The molecule has 1 N–H and O–H groups in total. The van der Waals surface area contributed by atoms with Gasteiger partial charge in [-0.05, 0) is 40.8 Å². The molecule has 0 aliphatic heterocycles. The molecule has 78 valence electrons. The molecule has 0 spiro atoms. The summed E-state index contributed by atoms with van der Waals surface area (Å²) in [7, 11) is 0. The SMILES string of the molecule is CC(C)c1nc2ccc(I)cc2c(=O)[nH]1. The second-order valence-electron chi connectivity index (χ2n) is 3.77. The van der Waals surface area contributed by atoms with Crippen LogP contribution >= 0.6 is 22.6 Å². The number of aromatic nitrogens is 2. The van der Waals surface area contributed by atoms with E-state index >= 15 is 0 Å². The van der Waals surface area contributed by atoms with E-state index in [1.807, 2.05) is 32.0 Å². The first kappa shape index (κ1) is 10.6. The van der Waals surface area contributed by atoms with Gasteiger partial charge in [0, 0.05) is 9.49 Å². The van der Waals surface area contributed by atoms with Crippen LogP contribution in [0.25, 0.3) is 10.9 Å². The highest BCUT2D eigenvalue weighted by molar-refractivity contribution is 14.1. The third-order valence-electron chi connectivity index (χ3n) is 2.23. The van der Waals surface area contributed by atoms with Gasteiger partial charge < -0.3 is 4.98 Å². The molecule has 0 saturated heterocycles. The highest BCUT2D eigenvalue weighted by Gasteiger charge is 2.06. The summed E-state index contributed by atoms with van der Waals surface area (Å²) in [6.07, 6.45) is 0. The maximum atomic E-state index is 11.8. The van der Waals surface area contributed by atoms with E-state index in [0.29, 0.717) is 5.39 Å². The van der Waals surface area contributed by atoms with Crippen LogP contribution in [0.2, 0.25) is 0 Å². The molecule has 1 heterocycles. The maximum Gasteiger partial charge on any atom is 0.258 e. The second kappa shape index (κ2) is 3.92. The number of halogens is 1. The van der Waals surface area contributed by atoms with E-state index in [9.17, 15) is 4.79 Å². The van der Waals surface area contributed by atoms with Gasteiger partial charge in [0.15, 0.2) is 0 Å². The lowest BCUT2D eigenvalue weighted by Gasteiger charge is -2.05. The van der Waals surface area contributed by atoms with Gasteiger partial charge >= 0.3 is 0 Å². The summed E-state index contributed by atoms with van der Waals surface area (Å²) in [6.45, 7) is 4.02. The van der Waals surface area contributed by atoms with Gasteiger partial charge in [-0.1, -0.05) is 13.8 Å². The van der Waals surface area contributed by atoms with Crippen molar-refractivity contribution < 1.29 is 0 Å². The Morgan fingerprint density at radius 2 is 2.13 bits per heavy atom. The maximum absolute atomic E-state index is 11.8. The number of aromatic amines is 1. The summed E-state index contributed by atoms with van der Waals surface area (Å²) in [5, 5.41) is 0.659. The Kier molecular flexibility index (Phi) is 2.77. The first-order valence-electron chi connectivity index (χ1n) is 4.77. The van der Waals surface area contributed by atoms with E-state index in [-0.39, 0.29) is 11.5 Å². The number of benzene rings is 1. The van der Waals surface area contributed by atoms with Gasteiger partial charge in [-0.3, -0.25) is 4.79 Å². The Labute approximate surface area is 101 Å². The van der Waals surface area contributed by atoms with E-state index in [1.165, 1.54) is 0 Å². The largest absolute Gasteiger partial charge is 0.310 e. The van der Waals surface area contributed by atoms with Gasteiger partial charge in [-0.25, -0.2) is 4.98 Å². The van der Waals surface area contributed by atoms with E-state index in [2.05, 4.69) is 32.6 Å². The van der Waals surface area contributed by atoms with Crippen LogP contribution in [0.3, 0.4) is 0 Å². The van der Waals surface area contributed by atoms with Gasteiger partial charge in [0.25, 0.3) is 5.56 Å². The molecule has 15 heavy (non-hydrogen) atoms. The first-order valence-corrected chi connectivity index (χ1v) is 5.85. The number of nitrogens with zero attached hydrogens (tertiary/aromatic N) is 1. The van der Waals surface area contributed by atoms with E-state index < -0.39 is 0 Å². The van der Waals surface area contributed by atoms with Crippen molar-refractivity contribution in [3.8, 4) is 0 Å². The van der Waals surface area contributed by atoms with Crippen molar-refractivity contribution in [1.29, 1.82) is 0 Å². The fourth-order valence-electron chi connectivity index (χ4n) is 1.40. The topological polar surface area (TPSA) is 45.8 Å². The minimum atomic E-state index is -0.0535. The molecule has 2 aromatic rings. The summed E-state index contributed by atoms with van der Waals surface area (Å²) in [6, 6.07) is 5.70. The Balaban J connectivity index is 2.79. The molecule has 1 aromatic heterocycles. The molecular formula is C11H11IN2O. The monoisotopic (exact) mass is 314 g/mol. The molecular weight excluding hydrogens is 303 g/mol. The van der Waals surface area contributed by atoms with Crippen molar-refractivity contribution in [2.45, 2.75) is 19.8 Å². The third kappa shape index (κ3) is 2.04.